The van der Waals surface area contributed by atoms with Crippen molar-refractivity contribution in [3.05, 3.63) is 164 Å². The maximum Gasteiger partial charge on any atom is 0.164 e. The topological polar surface area (TPSA) is 51.8 Å². The average molecular weight is 626 g/mol. The number of aromatic nitrogens is 3. The normalized spacial score (nSPS) is 11.7. The Morgan fingerprint density at radius 2 is 0.857 bits per heavy atom. The lowest BCUT2D eigenvalue weighted by molar-refractivity contribution is 0.669. The Balaban J connectivity index is 1.21. The van der Waals surface area contributed by atoms with Crippen molar-refractivity contribution in [3.63, 3.8) is 0 Å². The number of benzene rings is 8. The van der Waals surface area contributed by atoms with Crippen LogP contribution >= 0.6 is 0 Å². The third kappa shape index (κ3) is 4.65. The van der Waals surface area contributed by atoms with Gasteiger partial charge in [0.05, 0.1) is 0 Å². The molecule has 0 saturated carbocycles. The third-order valence-electron chi connectivity index (χ3n) is 9.49. The summed E-state index contributed by atoms with van der Waals surface area (Å²) >= 11 is 0. The van der Waals surface area contributed by atoms with E-state index in [1.54, 1.807) is 0 Å². The van der Waals surface area contributed by atoms with Gasteiger partial charge in [-0.2, -0.15) is 0 Å². The molecule has 0 aliphatic carbocycles. The van der Waals surface area contributed by atoms with Crippen LogP contribution in [0.3, 0.4) is 0 Å². The molecule has 0 spiro atoms. The van der Waals surface area contributed by atoms with Gasteiger partial charge in [0.25, 0.3) is 0 Å². The Morgan fingerprint density at radius 3 is 1.55 bits per heavy atom. The molecule has 0 atom stereocenters. The van der Waals surface area contributed by atoms with Gasteiger partial charge in [0.1, 0.15) is 11.2 Å². The average Bonchev–Trinajstić information content (AvgIpc) is 3.55. The van der Waals surface area contributed by atoms with Gasteiger partial charge in [0.15, 0.2) is 17.5 Å². The zero-order valence-corrected chi connectivity index (χ0v) is 26.3. The molecule has 10 aromatic rings. The molecule has 2 heterocycles. The highest BCUT2D eigenvalue weighted by atomic mass is 16.3. The van der Waals surface area contributed by atoms with E-state index in [2.05, 4.69) is 152 Å². The van der Waals surface area contributed by atoms with Crippen LogP contribution < -0.4 is 0 Å². The Bertz CT molecular complexity index is 2800. The fourth-order valence-corrected chi connectivity index (χ4v) is 7.07. The van der Waals surface area contributed by atoms with Crippen LogP contribution in [0.5, 0.6) is 0 Å². The van der Waals surface area contributed by atoms with Crippen LogP contribution in [-0.4, -0.2) is 15.0 Å². The van der Waals surface area contributed by atoms with E-state index in [1.807, 2.05) is 12.1 Å². The molecular formula is C45H27N3O. The van der Waals surface area contributed by atoms with E-state index in [0.29, 0.717) is 17.5 Å². The van der Waals surface area contributed by atoms with Gasteiger partial charge in [-0.3, -0.25) is 0 Å². The van der Waals surface area contributed by atoms with E-state index in [9.17, 15) is 0 Å². The zero-order chi connectivity index (χ0) is 32.3. The molecule has 49 heavy (non-hydrogen) atoms. The quantitative estimate of drug-likeness (QED) is 0.195. The van der Waals surface area contributed by atoms with E-state index < -0.39 is 0 Å². The lowest BCUT2D eigenvalue weighted by Gasteiger charge is -2.14. The summed E-state index contributed by atoms with van der Waals surface area (Å²) in [4.78, 5) is 15.5. The van der Waals surface area contributed by atoms with Crippen molar-refractivity contribution in [3.8, 4) is 45.3 Å². The number of hydrogen-bond acceptors (Lipinski definition) is 4. The van der Waals surface area contributed by atoms with Crippen LogP contribution in [-0.2, 0) is 0 Å². The largest absolute Gasteiger partial charge is 0.456 e. The van der Waals surface area contributed by atoms with E-state index in [0.717, 1.165) is 71.3 Å². The molecule has 0 N–H and O–H groups in total. The SMILES string of the molecule is c1ccc2cc(-c3nc(-c4ccc5ccccc5c4)nc(-c4cccc5cccc(-c6ccc7c(c6)oc6ccccc67)c45)n3)ccc2c1. The smallest absolute Gasteiger partial charge is 0.164 e. The molecule has 0 aliphatic rings. The molecule has 2 aromatic heterocycles. The molecule has 0 amide bonds. The second-order valence-corrected chi connectivity index (χ2v) is 12.4. The van der Waals surface area contributed by atoms with Crippen LogP contribution in [0.1, 0.15) is 0 Å². The molecular weight excluding hydrogens is 599 g/mol. The second-order valence-electron chi connectivity index (χ2n) is 12.4. The van der Waals surface area contributed by atoms with Gasteiger partial charge in [0.2, 0.25) is 0 Å². The van der Waals surface area contributed by atoms with E-state index in [1.165, 1.54) is 10.8 Å². The van der Waals surface area contributed by atoms with Gasteiger partial charge < -0.3 is 4.42 Å². The Labute approximate surface area is 282 Å². The van der Waals surface area contributed by atoms with Crippen LogP contribution in [0.4, 0.5) is 0 Å². The fourth-order valence-electron chi connectivity index (χ4n) is 7.07. The fraction of sp³-hybridized carbons (Fsp3) is 0. The molecule has 0 unspecified atom stereocenters. The first kappa shape index (κ1) is 27.5. The molecule has 10 rings (SSSR count). The monoisotopic (exact) mass is 625 g/mol. The van der Waals surface area contributed by atoms with E-state index in [-0.39, 0.29) is 0 Å². The highest BCUT2D eigenvalue weighted by molar-refractivity contribution is 6.09. The van der Waals surface area contributed by atoms with Gasteiger partial charge in [-0.15, -0.1) is 0 Å². The van der Waals surface area contributed by atoms with Crippen LogP contribution in [0.25, 0.3) is 99.5 Å². The number of hydrogen-bond donors (Lipinski definition) is 0. The van der Waals surface area contributed by atoms with E-state index >= 15 is 0 Å². The molecule has 228 valence electrons. The minimum atomic E-state index is 0.629. The number of furan rings is 1. The first-order valence-electron chi connectivity index (χ1n) is 16.4. The molecule has 4 heteroatoms. The number of fused-ring (bicyclic) bond motifs is 6. The predicted octanol–water partition coefficient (Wildman–Crippen LogP) is 11.9. The minimum Gasteiger partial charge on any atom is -0.456 e. The molecule has 4 nitrogen and oxygen atoms in total. The van der Waals surface area contributed by atoms with Crippen molar-refractivity contribution < 1.29 is 4.42 Å². The lowest BCUT2D eigenvalue weighted by atomic mass is 9.93. The van der Waals surface area contributed by atoms with Crippen LogP contribution in [0.15, 0.2) is 168 Å². The second kappa shape index (κ2) is 11.0. The minimum absolute atomic E-state index is 0.629. The molecule has 0 bridgehead atoms. The van der Waals surface area contributed by atoms with Gasteiger partial charge in [-0.1, -0.05) is 133 Å². The zero-order valence-electron chi connectivity index (χ0n) is 26.3. The maximum absolute atomic E-state index is 6.30. The van der Waals surface area contributed by atoms with Crippen molar-refractivity contribution in [2.45, 2.75) is 0 Å². The number of para-hydroxylation sites is 1. The first-order valence-corrected chi connectivity index (χ1v) is 16.4. The van der Waals surface area contributed by atoms with Crippen LogP contribution in [0, 0.1) is 0 Å². The number of nitrogens with zero attached hydrogens (tertiary/aromatic N) is 3. The standard InChI is InChI=1S/C45H27N3O/c1-3-11-31-25-34(21-19-28(31)9-1)43-46-44(35-22-20-29-10-2-4-12-32(29)26-35)48-45(47-43)39-17-8-14-30-13-7-16-36(42(30)39)33-23-24-38-37-15-5-6-18-40(37)49-41(38)27-33/h1-27H. The van der Waals surface area contributed by atoms with Crippen molar-refractivity contribution in [1.29, 1.82) is 0 Å². The number of rotatable bonds is 4. The summed E-state index contributed by atoms with van der Waals surface area (Å²) in [6.45, 7) is 0. The summed E-state index contributed by atoms with van der Waals surface area (Å²) in [5, 5.41) is 9.06. The molecule has 0 aliphatic heterocycles. The van der Waals surface area contributed by atoms with Gasteiger partial charge in [-0.05, 0) is 68.4 Å². The predicted molar refractivity (Wildman–Crippen MR) is 201 cm³/mol. The summed E-state index contributed by atoms with van der Waals surface area (Å²) in [6, 6.07) is 57.0. The summed E-state index contributed by atoms with van der Waals surface area (Å²) in [7, 11) is 0. The summed E-state index contributed by atoms with van der Waals surface area (Å²) in [6.07, 6.45) is 0. The van der Waals surface area contributed by atoms with Crippen molar-refractivity contribution in [1.82, 2.24) is 15.0 Å². The highest BCUT2D eigenvalue weighted by Crippen LogP contribution is 2.39. The maximum atomic E-state index is 6.30. The van der Waals surface area contributed by atoms with Gasteiger partial charge in [0, 0.05) is 32.8 Å². The molecule has 0 radical (unpaired) electrons. The van der Waals surface area contributed by atoms with E-state index in [4.69, 9.17) is 19.4 Å². The van der Waals surface area contributed by atoms with Crippen LogP contribution in [0.2, 0.25) is 0 Å². The third-order valence-corrected chi connectivity index (χ3v) is 9.49. The molecule has 0 saturated heterocycles. The Morgan fingerprint density at radius 1 is 0.327 bits per heavy atom. The first-order chi connectivity index (χ1) is 24.2. The van der Waals surface area contributed by atoms with Gasteiger partial charge >= 0.3 is 0 Å². The highest BCUT2D eigenvalue weighted by Gasteiger charge is 2.18. The summed E-state index contributed by atoms with van der Waals surface area (Å²) in [5.74, 6) is 1.90. The Hall–Kier alpha value is -6.65. The van der Waals surface area contributed by atoms with Gasteiger partial charge in [-0.25, -0.2) is 15.0 Å². The van der Waals surface area contributed by atoms with Crippen molar-refractivity contribution in [2.75, 3.05) is 0 Å². The molecule has 0 fully saturated rings. The van der Waals surface area contributed by atoms with Crippen molar-refractivity contribution >= 4 is 54.3 Å². The summed E-state index contributed by atoms with van der Waals surface area (Å²) in [5.41, 5.74) is 6.76. The molecule has 8 aromatic carbocycles. The Kier molecular flexibility index (Phi) is 6.15. The summed E-state index contributed by atoms with van der Waals surface area (Å²) < 4.78 is 6.30. The lowest BCUT2D eigenvalue weighted by Crippen LogP contribution is -2.01. The van der Waals surface area contributed by atoms with Crippen molar-refractivity contribution in [2.24, 2.45) is 0 Å².